The summed E-state index contributed by atoms with van der Waals surface area (Å²) < 4.78 is 6.46. The van der Waals surface area contributed by atoms with Crippen LogP contribution in [0.15, 0.2) is 30.3 Å². The topological polar surface area (TPSA) is 60.2 Å². The molecular formula is C22H29N3O. The molecule has 4 rings (SSSR count). The van der Waals surface area contributed by atoms with Crippen LogP contribution >= 0.6 is 0 Å². The zero-order valence-electron chi connectivity index (χ0n) is 15.6. The summed E-state index contributed by atoms with van der Waals surface area (Å²) in [4.78, 5) is 4.56. The Hall–Kier alpha value is -2.07. The van der Waals surface area contributed by atoms with Crippen LogP contribution in [-0.4, -0.2) is 23.7 Å². The number of hydrogen-bond acceptors (Lipinski definition) is 4. The molecule has 1 aromatic carbocycles. The predicted octanol–water partition coefficient (Wildman–Crippen LogP) is 4.12. The Morgan fingerprint density at radius 2 is 1.92 bits per heavy atom. The predicted molar refractivity (Wildman–Crippen MR) is 106 cm³/mol. The molecule has 138 valence electrons. The van der Waals surface area contributed by atoms with E-state index in [1.807, 2.05) is 12.1 Å². The highest BCUT2D eigenvalue weighted by molar-refractivity contribution is 5.69. The normalized spacial score (nSPS) is 21.0. The first-order chi connectivity index (χ1) is 12.7. The molecule has 2 aliphatic rings. The Morgan fingerprint density at radius 1 is 1.08 bits per heavy atom. The molecule has 2 unspecified atom stereocenters. The Labute approximate surface area is 156 Å². The van der Waals surface area contributed by atoms with Crippen LogP contribution in [0.3, 0.4) is 0 Å². The number of benzene rings is 1. The molecule has 0 bridgehead atoms. The Morgan fingerprint density at radius 3 is 2.69 bits per heavy atom. The zero-order chi connectivity index (χ0) is 17.9. The monoisotopic (exact) mass is 351 g/mol. The molecule has 3 N–H and O–H groups in total. The number of aromatic nitrogens is 1. The molecule has 2 atom stereocenters. The average Bonchev–Trinajstić information content (AvgIpc) is 3.07. The van der Waals surface area contributed by atoms with Gasteiger partial charge in [-0.2, -0.15) is 0 Å². The smallest absolute Gasteiger partial charge is 0.124 e. The maximum atomic E-state index is 6.46. The summed E-state index contributed by atoms with van der Waals surface area (Å²) in [6.07, 6.45) is 8.56. The number of hydrogen-bond donors (Lipinski definition) is 2. The lowest BCUT2D eigenvalue weighted by Gasteiger charge is -2.24. The fraction of sp³-hybridized carbons (Fsp3) is 0.500. The fourth-order valence-corrected chi connectivity index (χ4v) is 4.36. The molecule has 2 aromatic rings. The highest BCUT2D eigenvalue weighted by atomic mass is 16.5. The van der Waals surface area contributed by atoms with E-state index in [-0.39, 0.29) is 6.10 Å². The van der Waals surface area contributed by atoms with Gasteiger partial charge in [0.15, 0.2) is 0 Å². The summed E-state index contributed by atoms with van der Waals surface area (Å²) in [7, 11) is 0. The zero-order valence-corrected chi connectivity index (χ0v) is 15.6. The largest absolute Gasteiger partial charge is 0.489 e. The molecule has 0 spiro atoms. The third-order valence-electron chi connectivity index (χ3n) is 5.77. The molecule has 1 aromatic heterocycles. The molecule has 0 radical (unpaired) electrons. The molecule has 1 fully saturated rings. The van der Waals surface area contributed by atoms with Gasteiger partial charge in [0.1, 0.15) is 17.7 Å². The molecule has 1 saturated heterocycles. The van der Waals surface area contributed by atoms with Gasteiger partial charge >= 0.3 is 0 Å². The molecule has 4 heteroatoms. The van der Waals surface area contributed by atoms with E-state index >= 15 is 0 Å². The second kappa shape index (κ2) is 7.67. The molecule has 1 aliphatic carbocycles. The second-order valence-corrected chi connectivity index (χ2v) is 7.60. The first kappa shape index (κ1) is 17.3. The number of anilines is 1. The molecule has 0 saturated carbocycles. The van der Waals surface area contributed by atoms with Crippen LogP contribution in [0.2, 0.25) is 0 Å². The van der Waals surface area contributed by atoms with Crippen LogP contribution in [0.25, 0.3) is 11.3 Å². The van der Waals surface area contributed by atoms with Crippen molar-refractivity contribution in [2.24, 2.45) is 0 Å². The van der Waals surface area contributed by atoms with Crippen LogP contribution in [0, 0.1) is 0 Å². The van der Waals surface area contributed by atoms with Crippen molar-refractivity contribution in [3.05, 3.63) is 41.5 Å². The number of nitrogens with zero attached hydrogens (tertiary/aromatic N) is 1. The molecule has 1 aliphatic heterocycles. The Balaban J connectivity index is 1.70. The summed E-state index contributed by atoms with van der Waals surface area (Å²) in [6, 6.07) is 10.7. The van der Waals surface area contributed by atoms with Crippen LogP contribution < -0.4 is 15.8 Å². The average molecular weight is 351 g/mol. The van der Waals surface area contributed by atoms with Gasteiger partial charge in [0.25, 0.3) is 0 Å². The minimum Gasteiger partial charge on any atom is -0.489 e. The fourth-order valence-electron chi connectivity index (χ4n) is 4.36. The second-order valence-electron chi connectivity index (χ2n) is 7.60. The van der Waals surface area contributed by atoms with Crippen molar-refractivity contribution in [3.8, 4) is 17.0 Å². The number of nitrogens with two attached hydrogens (primary N) is 1. The number of pyridine rings is 1. The third kappa shape index (κ3) is 3.56. The SMILES string of the molecule is CC(Oc1ccc(-c2cccc(N)n2)c2c1CCCCC2)C1CCCN1. The van der Waals surface area contributed by atoms with Gasteiger partial charge in [0, 0.05) is 11.6 Å². The summed E-state index contributed by atoms with van der Waals surface area (Å²) in [5.74, 6) is 1.64. The first-order valence-corrected chi connectivity index (χ1v) is 10.00. The van der Waals surface area contributed by atoms with E-state index in [0.29, 0.717) is 11.9 Å². The van der Waals surface area contributed by atoms with E-state index in [9.17, 15) is 0 Å². The molecule has 2 heterocycles. The van der Waals surface area contributed by atoms with Crippen molar-refractivity contribution in [1.82, 2.24) is 10.3 Å². The van der Waals surface area contributed by atoms with Crippen LogP contribution in [0.4, 0.5) is 5.82 Å². The van der Waals surface area contributed by atoms with Crippen LogP contribution in [-0.2, 0) is 12.8 Å². The number of fused-ring (bicyclic) bond motifs is 1. The van der Waals surface area contributed by atoms with E-state index < -0.39 is 0 Å². The van der Waals surface area contributed by atoms with E-state index in [2.05, 4.69) is 35.4 Å². The highest BCUT2D eigenvalue weighted by Gasteiger charge is 2.25. The van der Waals surface area contributed by atoms with E-state index in [0.717, 1.165) is 30.8 Å². The number of ether oxygens (including phenoxy) is 1. The molecule has 26 heavy (non-hydrogen) atoms. The van der Waals surface area contributed by atoms with Gasteiger partial charge in [-0.1, -0.05) is 12.5 Å². The van der Waals surface area contributed by atoms with Gasteiger partial charge in [-0.3, -0.25) is 0 Å². The number of nitrogen functional groups attached to an aromatic ring is 1. The summed E-state index contributed by atoms with van der Waals surface area (Å²) >= 11 is 0. The van der Waals surface area contributed by atoms with Crippen molar-refractivity contribution in [1.29, 1.82) is 0 Å². The van der Waals surface area contributed by atoms with Gasteiger partial charge in [0.2, 0.25) is 0 Å². The van der Waals surface area contributed by atoms with Crippen molar-refractivity contribution in [3.63, 3.8) is 0 Å². The quantitative estimate of drug-likeness (QED) is 0.814. The van der Waals surface area contributed by atoms with Crippen molar-refractivity contribution in [2.75, 3.05) is 12.3 Å². The van der Waals surface area contributed by atoms with Gasteiger partial charge < -0.3 is 15.8 Å². The van der Waals surface area contributed by atoms with E-state index in [1.165, 1.54) is 48.8 Å². The molecule has 4 nitrogen and oxygen atoms in total. The standard InChI is InChI=1S/C22H29N3O/c1-15(19-10-6-14-24-19)26-21-13-12-17(20-9-5-11-22(23)25-20)16-7-3-2-4-8-18(16)21/h5,9,11-13,15,19,24H,2-4,6-8,10,14H2,1H3,(H2,23,25). The van der Waals surface area contributed by atoms with Crippen molar-refractivity contribution < 1.29 is 4.74 Å². The van der Waals surface area contributed by atoms with Crippen LogP contribution in [0.5, 0.6) is 5.75 Å². The maximum Gasteiger partial charge on any atom is 0.124 e. The minimum atomic E-state index is 0.196. The number of rotatable bonds is 4. The molecule has 0 amide bonds. The Bertz CT molecular complexity index is 768. The summed E-state index contributed by atoms with van der Waals surface area (Å²) in [5.41, 5.74) is 10.9. The van der Waals surface area contributed by atoms with Gasteiger partial charge in [0.05, 0.1) is 5.69 Å². The lowest BCUT2D eigenvalue weighted by Crippen LogP contribution is -2.36. The Kier molecular flexibility index (Phi) is 5.11. The van der Waals surface area contributed by atoms with Gasteiger partial charge in [-0.05, 0) is 87.4 Å². The minimum absolute atomic E-state index is 0.196. The van der Waals surface area contributed by atoms with E-state index in [4.69, 9.17) is 10.5 Å². The van der Waals surface area contributed by atoms with Gasteiger partial charge in [-0.25, -0.2) is 4.98 Å². The lowest BCUT2D eigenvalue weighted by atomic mass is 9.94. The summed E-state index contributed by atoms with van der Waals surface area (Å²) in [6.45, 7) is 3.30. The number of nitrogens with one attached hydrogen (secondary N) is 1. The highest BCUT2D eigenvalue weighted by Crippen LogP contribution is 2.36. The van der Waals surface area contributed by atoms with Crippen molar-refractivity contribution in [2.45, 2.75) is 64.0 Å². The van der Waals surface area contributed by atoms with Gasteiger partial charge in [-0.15, -0.1) is 0 Å². The lowest BCUT2D eigenvalue weighted by molar-refractivity contribution is 0.178. The summed E-state index contributed by atoms with van der Waals surface area (Å²) in [5, 5.41) is 3.56. The third-order valence-corrected chi connectivity index (χ3v) is 5.77. The first-order valence-electron chi connectivity index (χ1n) is 10.00. The van der Waals surface area contributed by atoms with Crippen molar-refractivity contribution >= 4 is 5.82 Å². The van der Waals surface area contributed by atoms with Crippen LogP contribution in [0.1, 0.15) is 50.2 Å². The van der Waals surface area contributed by atoms with E-state index in [1.54, 1.807) is 0 Å². The molecular weight excluding hydrogens is 322 g/mol. The maximum absolute atomic E-state index is 6.46.